The predicted octanol–water partition coefficient (Wildman–Crippen LogP) is 2.23. The van der Waals surface area contributed by atoms with Crippen LogP contribution in [0, 0.1) is 6.92 Å². The van der Waals surface area contributed by atoms with Crippen LogP contribution in [0.25, 0.3) is 5.82 Å². The summed E-state index contributed by atoms with van der Waals surface area (Å²) in [6.07, 6.45) is 3.59. The number of halogens is 1. The first-order valence-corrected chi connectivity index (χ1v) is 4.28. The lowest BCUT2D eigenvalue weighted by Gasteiger charge is -2.02. The molecule has 0 saturated heterocycles. The van der Waals surface area contributed by atoms with Crippen LogP contribution >= 0.6 is 11.6 Å². The van der Waals surface area contributed by atoms with Gasteiger partial charge in [-0.2, -0.15) is 0 Å². The van der Waals surface area contributed by atoms with E-state index >= 15 is 0 Å². The highest BCUT2D eigenvalue weighted by Crippen LogP contribution is 2.10. The summed E-state index contributed by atoms with van der Waals surface area (Å²) in [7, 11) is 0. The second-order valence-electron chi connectivity index (χ2n) is 2.66. The van der Waals surface area contributed by atoms with E-state index in [4.69, 9.17) is 11.6 Å². The van der Waals surface area contributed by atoms with E-state index < -0.39 is 0 Å². The largest absolute Gasteiger partial charge is 0.288 e. The van der Waals surface area contributed by atoms with Crippen molar-refractivity contribution in [3.63, 3.8) is 0 Å². The van der Waals surface area contributed by atoms with Gasteiger partial charge in [0, 0.05) is 12.4 Å². The molecule has 2 aromatic rings. The van der Waals surface area contributed by atoms with Gasteiger partial charge in [-0.15, -0.1) is 0 Å². The van der Waals surface area contributed by atoms with E-state index in [2.05, 4.69) is 9.97 Å². The fourth-order valence-corrected chi connectivity index (χ4v) is 1.31. The van der Waals surface area contributed by atoms with Gasteiger partial charge in [-0.05, 0) is 19.1 Å². The zero-order valence-electron chi connectivity index (χ0n) is 7.11. The van der Waals surface area contributed by atoms with Crippen LogP contribution in [-0.4, -0.2) is 14.5 Å². The molecule has 0 fully saturated rings. The molecular formula is C9H8ClN3. The molecular weight excluding hydrogens is 186 g/mol. The van der Waals surface area contributed by atoms with Gasteiger partial charge in [0.1, 0.15) is 16.8 Å². The quantitative estimate of drug-likeness (QED) is 0.651. The smallest absolute Gasteiger partial charge is 0.139 e. The van der Waals surface area contributed by atoms with Crippen molar-refractivity contribution in [2.24, 2.45) is 0 Å². The molecule has 0 saturated carbocycles. The van der Waals surface area contributed by atoms with Crippen molar-refractivity contribution in [2.75, 3.05) is 0 Å². The van der Waals surface area contributed by atoms with Gasteiger partial charge in [0.2, 0.25) is 0 Å². The van der Waals surface area contributed by atoms with Gasteiger partial charge in [0.25, 0.3) is 0 Å². The number of nitrogens with zero attached hydrogens (tertiary/aromatic N) is 3. The molecule has 0 atom stereocenters. The Balaban J connectivity index is 2.53. The van der Waals surface area contributed by atoms with Gasteiger partial charge < -0.3 is 0 Å². The van der Waals surface area contributed by atoms with Crippen LogP contribution in [0.2, 0.25) is 5.15 Å². The molecule has 0 aliphatic carbocycles. The lowest BCUT2D eigenvalue weighted by molar-refractivity contribution is 0.933. The van der Waals surface area contributed by atoms with E-state index in [0.29, 0.717) is 5.15 Å². The minimum Gasteiger partial charge on any atom is -0.288 e. The van der Waals surface area contributed by atoms with E-state index in [9.17, 15) is 0 Å². The lowest BCUT2D eigenvalue weighted by atomic mass is 10.4. The first-order chi connectivity index (χ1) is 6.27. The third kappa shape index (κ3) is 1.55. The Morgan fingerprint density at radius 2 is 2.23 bits per heavy atom. The normalized spacial score (nSPS) is 10.3. The molecule has 0 amide bonds. The monoisotopic (exact) mass is 193 g/mol. The molecule has 0 aliphatic heterocycles. The molecule has 4 heteroatoms. The Bertz CT molecular complexity index is 422. The maximum Gasteiger partial charge on any atom is 0.139 e. The first kappa shape index (κ1) is 8.26. The van der Waals surface area contributed by atoms with Gasteiger partial charge in [0.05, 0.1) is 0 Å². The molecule has 13 heavy (non-hydrogen) atoms. The SMILES string of the molecule is Cc1nccn1-c1cccc(Cl)n1. The molecule has 0 radical (unpaired) electrons. The van der Waals surface area contributed by atoms with E-state index in [1.165, 1.54) is 0 Å². The van der Waals surface area contributed by atoms with E-state index in [1.807, 2.05) is 29.8 Å². The average molecular weight is 194 g/mol. The molecule has 2 rings (SSSR count). The van der Waals surface area contributed by atoms with Crippen LogP contribution < -0.4 is 0 Å². The summed E-state index contributed by atoms with van der Waals surface area (Å²) in [6.45, 7) is 1.92. The summed E-state index contributed by atoms with van der Waals surface area (Å²) in [5.74, 6) is 1.69. The fourth-order valence-electron chi connectivity index (χ4n) is 1.15. The number of rotatable bonds is 1. The Morgan fingerprint density at radius 3 is 2.85 bits per heavy atom. The van der Waals surface area contributed by atoms with Crippen molar-refractivity contribution in [1.82, 2.24) is 14.5 Å². The average Bonchev–Trinajstić information content (AvgIpc) is 2.51. The minimum atomic E-state index is 0.491. The molecule has 0 unspecified atom stereocenters. The number of hydrogen-bond donors (Lipinski definition) is 0. The Labute approximate surface area is 81.0 Å². The standard InChI is InChI=1S/C9H8ClN3/c1-7-11-5-6-13(7)9-4-2-3-8(10)12-9/h2-6H,1H3. The van der Waals surface area contributed by atoms with Gasteiger partial charge in [-0.3, -0.25) is 4.57 Å². The highest BCUT2D eigenvalue weighted by Gasteiger charge is 2.00. The van der Waals surface area contributed by atoms with E-state index in [0.717, 1.165) is 11.6 Å². The topological polar surface area (TPSA) is 30.7 Å². The third-order valence-electron chi connectivity index (χ3n) is 1.77. The maximum absolute atomic E-state index is 5.77. The zero-order chi connectivity index (χ0) is 9.26. The summed E-state index contributed by atoms with van der Waals surface area (Å²) >= 11 is 5.77. The van der Waals surface area contributed by atoms with E-state index in [1.54, 1.807) is 12.3 Å². The molecule has 2 aromatic heterocycles. The van der Waals surface area contributed by atoms with Crippen molar-refractivity contribution in [3.8, 4) is 5.82 Å². The van der Waals surface area contributed by atoms with E-state index in [-0.39, 0.29) is 0 Å². The van der Waals surface area contributed by atoms with Crippen LogP contribution in [0.15, 0.2) is 30.6 Å². The van der Waals surface area contributed by atoms with Crippen LogP contribution in [-0.2, 0) is 0 Å². The van der Waals surface area contributed by atoms with Crippen molar-refractivity contribution < 1.29 is 0 Å². The summed E-state index contributed by atoms with van der Waals surface area (Å²) < 4.78 is 1.88. The first-order valence-electron chi connectivity index (χ1n) is 3.90. The molecule has 0 spiro atoms. The Morgan fingerprint density at radius 1 is 1.38 bits per heavy atom. The second kappa shape index (κ2) is 3.18. The van der Waals surface area contributed by atoms with Gasteiger partial charge in [-0.25, -0.2) is 9.97 Å². The maximum atomic E-state index is 5.77. The molecule has 3 nitrogen and oxygen atoms in total. The Hall–Kier alpha value is -1.35. The lowest BCUT2D eigenvalue weighted by Crippen LogP contribution is -1.97. The molecule has 66 valence electrons. The van der Waals surface area contributed by atoms with Crippen molar-refractivity contribution >= 4 is 11.6 Å². The molecule has 0 aliphatic rings. The summed E-state index contributed by atoms with van der Waals surface area (Å²) in [4.78, 5) is 8.27. The number of imidazole rings is 1. The number of pyridine rings is 1. The third-order valence-corrected chi connectivity index (χ3v) is 1.98. The van der Waals surface area contributed by atoms with Crippen LogP contribution in [0.3, 0.4) is 0 Å². The van der Waals surface area contributed by atoms with Gasteiger partial charge in [-0.1, -0.05) is 17.7 Å². The van der Waals surface area contributed by atoms with Crippen molar-refractivity contribution in [2.45, 2.75) is 6.92 Å². The molecule has 0 bridgehead atoms. The molecule has 2 heterocycles. The fraction of sp³-hybridized carbons (Fsp3) is 0.111. The minimum absolute atomic E-state index is 0.491. The van der Waals surface area contributed by atoms with Crippen LogP contribution in [0.5, 0.6) is 0 Å². The second-order valence-corrected chi connectivity index (χ2v) is 3.05. The van der Waals surface area contributed by atoms with Crippen molar-refractivity contribution in [1.29, 1.82) is 0 Å². The molecule has 0 aromatic carbocycles. The zero-order valence-corrected chi connectivity index (χ0v) is 7.86. The summed E-state index contributed by atoms with van der Waals surface area (Å²) in [5, 5.41) is 0.491. The van der Waals surface area contributed by atoms with Crippen LogP contribution in [0.4, 0.5) is 0 Å². The number of aryl methyl sites for hydroxylation is 1. The van der Waals surface area contributed by atoms with Gasteiger partial charge >= 0.3 is 0 Å². The van der Waals surface area contributed by atoms with Crippen molar-refractivity contribution in [3.05, 3.63) is 41.6 Å². The summed E-state index contributed by atoms with van der Waals surface area (Å²) in [5.41, 5.74) is 0. The highest BCUT2D eigenvalue weighted by molar-refractivity contribution is 6.29. The molecule has 0 N–H and O–H groups in total. The predicted molar refractivity (Wildman–Crippen MR) is 51.1 cm³/mol. The number of aromatic nitrogens is 3. The summed E-state index contributed by atoms with van der Waals surface area (Å²) in [6, 6.07) is 5.50. The van der Waals surface area contributed by atoms with Gasteiger partial charge in [0.15, 0.2) is 0 Å². The highest BCUT2D eigenvalue weighted by atomic mass is 35.5. The van der Waals surface area contributed by atoms with Crippen LogP contribution in [0.1, 0.15) is 5.82 Å². The Kier molecular flexibility index (Phi) is 2.02. The number of hydrogen-bond acceptors (Lipinski definition) is 2.